The molecule has 3 rings (SSSR count). The largest absolute Gasteiger partial charge is 0.337 e. The first-order chi connectivity index (χ1) is 9.61. The lowest BCUT2D eigenvalue weighted by Crippen LogP contribution is -2.19. The molecule has 0 spiro atoms. The molecule has 0 amide bonds. The van der Waals surface area contributed by atoms with E-state index in [0.29, 0.717) is 16.9 Å². The molecule has 0 saturated carbocycles. The first-order valence-corrected chi connectivity index (χ1v) is 6.77. The van der Waals surface area contributed by atoms with Gasteiger partial charge in [-0.3, -0.25) is 5.10 Å². The van der Waals surface area contributed by atoms with Crippen LogP contribution in [0.15, 0.2) is 18.2 Å². The Kier molecular flexibility index (Phi) is 2.99. The van der Waals surface area contributed by atoms with Crippen molar-refractivity contribution in [1.82, 2.24) is 20.2 Å². The van der Waals surface area contributed by atoms with Crippen LogP contribution >= 0.6 is 12.2 Å². The Morgan fingerprint density at radius 2 is 2.15 bits per heavy atom. The number of hydrogen-bond donors (Lipinski definition) is 2. The molecule has 0 aliphatic carbocycles. The molecule has 0 radical (unpaired) electrons. The number of benzene rings is 1. The standard InChI is InChI=1S/C15H14N4S/c1-4-12(20)10-6-5-7-11-14(10)17-15(16-11)13-8(2)9(3)18-19-13/h5-7,18H,2-4H2,1H3,(H,16,17). The summed E-state index contributed by atoms with van der Waals surface area (Å²) < 4.78 is 0. The molecule has 100 valence electrons. The number of nitrogens with one attached hydrogen (secondary N) is 2. The van der Waals surface area contributed by atoms with Gasteiger partial charge in [0.15, 0.2) is 5.82 Å². The zero-order chi connectivity index (χ0) is 14.3. The maximum atomic E-state index is 5.41. The Morgan fingerprint density at radius 3 is 2.80 bits per heavy atom. The Bertz CT molecular complexity index is 904. The van der Waals surface area contributed by atoms with Gasteiger partial charge in [-0.05, 0) is 12.5 Å². The van der Waals surface area contributed by atoms with Crippen molar-refractivity contribution < 1.29 is 0 Å². The number of imidazole rings is 1. The van der Waals surface area contributed by atoms with Gasteiger partial charge in [-0.1, -0.05) is 44.4 Å². The summed E-state index contributed by atoms with van der Waals surface area (Å²) in [5.41, 5.74) is 3.52. The second kappa shape index (κ2) is 4.68. The van der Waals surface area contributed by atoms with Crippen LogP contribution in [0, 0.1) is 0 Å². The van der Waals surface area contributed by atoms with Crippen LogP contribution in [-0.2, 0) is 0 Å². The second-order valence-corrected chi connectivity index (χ2v) is 5.09. The molecule has 0 saturated heterocycles. The summed E-state index contributed by atoms with van der Waals surface area (Å²) in [6.07, 6.45) is 0.822. The number of fused-ring (bicyclic) bond motifs is 1. The predicted octanol–water partition coefficient (Wildman–Crippen LogP) is 1.90. The molecule has 1 aromatic carbocycles. The number of hydrogen-bond acceptors (Lipinski definition) is 3. The second-order valence-electron chi connectivity index (χ2n) is 4.59. The van der Waals surface area contributed by atoms with E-state index in [2.05, 4.69) is 33.3 Å². The average Bonchev–Trinajstić information content (AvgIpc) is 3.02. The van der Waals surface area contributed by atoms with Crippen molar-refractivity contribution in [2.75, 3.05) is 0 Å². The number of H-pyrrole nitrogens is 2. The van der Waals surface area contributed by atoms with Gasteiger partial charge in [-0.25, -0.2) is 4.98 Å². The number of aromatic nitrogens is 4. The summed E-state index contributed by atoms with van der Waals surface area (Å²) in [7, 11) is 0. The minimum Gasteiger partial charge on any atom is -0.337 e. The average molecular weight is 282 g/mol. The summed E-state index contributed by atoms with van der Waals surface area (Å²) in [5, 5.41) is 8.47. The highest BCUT2D eigenvalue weighted by Gasteiger charge is 2.13. The highest BCUT2D eigenvalue weighted by molar-refractivity contribution is 7.80. The van der Waals surface area contributed by atoms with E-state index in [0.717, 1.165) is 33.1 Å². The first-order valence-electron chi connectivity index (χ1n) is 6.36. The Hall–Kier alpha value is -2.27. The van der Waals surface area contributed by atoms with Crippen LogP contribution in [0.5, 0.6) is 0 Å². The van der Waals surface area contributed by atoms with Gasteiger partial charge >= 0.3 is 0 Å². The van der Waals surface area contributed by atoms with E-state index in [4.69, 9.17) is 12.2 Å². The van der Waals surface area contributed by atoms with Gasteiger partial charge in [-0.2, -0.15) is 5.10 Å². The number of thiocarbonyl (C=S) groups is 1. The highest BCUT2D eigenvalue weighted by Crippen LogP contribution is 2.21. The highest BCUT2D eigenvalue weighted by atomic mass is 32.1. The SMILES string of the molecule is C=c1[nH]nc(-c2nc3c(C(=S)CC)cccc3[nH]2)c1=C. The van der Waals surface area contributed by atoms with Gasteiger partial charge < -0.3 is 4.98 Å². The molecule has 0 aliphatic heterocycles. The number of rotatable bonds is 3. The van der Waals surface area contributed by atoms with Gasteiger partial charge in [0, 0.05) is 15.6 Å². The molecule has 4 nitrogen and oxygen atoms in total. The van der Waals surface area contributed by atoms with Crippen LogP contribution in [0.1, 0.15) is 18.9 Å². The zero-order valence-corrected chi connectivity index (χ0v) is 12.0. The molecule has 2 N–H and O–H groups in total. The molecule has 0 bridgehead atoms. The number of nitrogens with zero attached hydrogens (tertiary/aromatic N) is 2. The Labute approximate surface area is 121 Å². The van der Waals surface area contributed by atoms with Crippen LogP contribution in [0.4, 0.5) is 0 Å². The van der Waals surface area contributed by atoms with Gasteiger partial charge in [-0.15, -0.1) is 0 Å². The number of para-hydroxylation sites is 1. The van der Waals surface area contributed by atoms with E-state index < -0.39 is 0 Å². The lowest BCUT2D eigenvalue weighted by molar-refractivity contribution is 1.06. The van der Waals surface area contributed by atoms with Crippen molar-refractivity contribution in [2.24, 2.45) is 0 Å². The molecule has 3 aromatic rings. The third-order valence-electron chi connectivity index (χ3n) is 3.31. The van der Waals surface area contributed by atoms with Crippen molar-refractivity contribution >= 4 is 41.3 Å². The third kappa shape index (κ3) is 1.87. The summed E-state index contributed by atoms with van der Waals surface area (Å²) in [6.45, 7) is 9.84. The quantitative estimate of drug-likeness (QED) is 0.570. The van der Waals surface area contributed by atoms with E-state index in [9.17, 15) is 0 Å². The molecule has 5 heteroatoms. The smallest absolute Gasteiger partial charge is 0.159 e. The summed E-state index contributed by atoms with van der Waals surface area (Å²) >= 11 is 5.41. The fourth-order valence-corrected chi connectivity index (χ4v) is 2.32. The van der Waals surface area contributed by atoms with Crippen LogP contribution in [-0.4, -0.2) is 25.0 Å². The summed E-state index contributed by atoms with van der Waals surface area (Å²) in [4.78, 5) is 8.80. The van der Waals surface area contributed by atoms with Crippen molar-refractivity contribution in [3.8, 4) is 11.5 Å². The molecular formula is C15H14N4S. The normalized spacial score (nSPS) is 11.1. The summed E-state index contributed by atoms with van der Waals surface area (Å²) in [5.74, 6) is 0.683. The molecule has 20 heavy (non-hydrogen) atoms. The Balaban J connectivity index is 2.26. The lowest BCUT2D eigenvalue weighted by atomic mass is 10.1. The minimum atomic E-state index is 0.683. The van der Waals surface area contributed by atoms with E-state index in [1.165, 1.54) is 0 Å². The van der Waals surface area contributed by atoms with Crippen LogP contribution in [0.2, 0.25) is 0 Å². The fourth-order valence-electron chi connectivity index (χ4n) is 2.16. The fraction of sp³-hybridized carbons (Fsp3) is 0.133. The molecule has 0 unspecified atom stereocenters. The number of aromatic amines is 2. The Morgan fingerprint density at radius 1 is 1.35 bits per heavy atom. The third-order valence-corrected chi connectivity index (χ3v) is 3.82. The van der Waals surface area contributed by atoms with Crippen LogP contribution < -0.4 is 10.6 Å². The maximum absolute atomic E-state index is 5.41. The van der Waals surface area contributed by atoms with Crippen LogP contribution in [0.3, 0.4) is 0 Å². The van der Waals surface area contributed by atoms with E-state index in [1.807, 2.05) is 25.1 Å². The molecule has 0 aliphatic rings. The van der Waals surface area contributed by atoms with Crippen molar-refractivity contribution in [1.29, 1.82) is 0 Å². The van der Waals surface area contributed by atoms with Crippen LogP contribution in [0.25, 0.3) is 35.7 Å². The van der Waals surface area contributed by atoms with Gasteiger partial charge in [0.1, 0.15) is 5.69 Å². The molecular weight excluding hydrogens is 268 g/mol. The van der Waals surface area contributed by atoms with Crippen molar-refractivity contribution in [3.05, 3.63) is 34.3 Å². The first kappa shape index (κ1) is 12.7. The molecule has 0 fully saturated rings. The van der Waals surface area contributed by atoms with Gasteiger partial charge in [0.2, 0.25) is 0 Å². The monoisotopic (exact) mass is 282 g/mol. The zero-order valence-electron chi connectivity index (χ0n) is 11.2. The van der Waals surface area contributed by atoms with Gasteiger partial charge in [0.05, 0.1) is 16.4 Å². The summed E-state index contributed by atoms with van der Waals surface area (Å²) in [6, 6.07) is 5.96. The molecule has 2 aromatic heterocycles. The maximum Gasteiger partial charge on any atom is 0.159 e. The van der Waals surface area contributed by atoms with Gasteiger partial charge in [0.25, 0.3) is 0 Å². The molecule has 0 atom stereocenters. The lowest BCUT2D eigenvalue weighted by Gasteiger charge is -2.00. The topological polar surface area (TPSA) is 57.4 Å². The minimum absolute atomic E-state index is 0.683. The van der Waals surface area contributed by atoms with E-state index in [1.54, 1.807) is 0 Å². The van der Waals surface area contributed by atoms with E-state index >= 15 is 0 Å². The molecule has 2 heterocycles. The van der Waals surface area contributed by atoms with Crippen molar-refractivity contribution in [3.63, 3.8) is 0 Å². The van der Waals surface area contributed by atoms with Crippen molar-refractivity contribution in [2.45, 2.75) is 13.3 Å². The van der Waals surface area contributed by atoms with E-state index in [-0.39, 0.29) is 0 Å². The predicted molar refractivity (Wildman–Crippen MR) is 86.0 cm³/mol.